The molecule has 0 amide bonds. The summed E-state index contributed by atoms with van der Waals surface area (Å²) >= 11 is 6.00. The fraction of sp³-hybridized carbons (Fsp3) is 0.259. The Morgan fingerprint density at radius 3 is 2.26 bits per heavy atom. The molecule has 2 heterocycles. The normalized spacial score (nSPS) is 13.7. The first-order valence-electron chi connectivity index (χ1n) is 10.9. The molecule has 5 rings (SSSR count). The molecule has 31 heavy (non-hydrogen) atoms. The van der Waals surface area contributed by atoms with E-state index in [1.165, 1.54) is 23.8 Å². The molecule has 1 aliphatic rings. The van der Waals surface area contributed by atoms with Crippen molar-refractivity contribution in [1.82, 2.24) is 9.97 Å². The highest BCUT2D eigenvalue weighted by Crippen LogP contribution is 2.35. The second kappa shape index (κ2) is 7.97. The van der Waals surface area contributed by atoms with Crippen molar-refractivity contribution >= 4 is 28.3 Å². The summed E-state index contributed by atoms with van der Waals surface area (Å²) in [6.07, 6.45) is 4.47. The van der Waals surface area contributed by atoms with E-state index >= 15 is 0 Å². The van der Waals surface area contributed by atoms with E-state index in [2.05, 4.69) is 62.1 Å². The molecule has 0 N–H and O–H groups in total. The molecule has 0 unspecified atom stereocenters. The van der Waals surface area contributed by atoms with Crippen LogP contribution in [0.3, 0.4) is 0 Å². The number of halogens is 1. The maximum atomic E-state index is 6.00. The van der Waals surface area contributed by atoms with Crippen molar-refractivity contribution in [3.8, 4) is 22.4 Å². The largest absolute Gasteiger partial charge is 0.351 e. The van der Waals surface area contributed by atoms with E-state index < -0.39 is 0 Å². The summed E-state index contributed by atoms with van der Waals surface area (Å²) in [7, 11) is 0. The summed E-state index contributed by atoms with van der Waals surface area (Å²) in [6.45, 7) is 6.68. The van der Waals surface area contributed by atoms with Gasteiger partial charge in [0, 0.05) is 39.8 Å². The molecular weight excluding hydrogens is 402 g/mol. The Labute approximate surface area is 188 Å². The highest BCUT2D eigenvalue weighted by molar-refractivity contribution is 6.30. The zero-order valence-electron chi connectivity index (χ0n) is 18.1. The van der Waals surface area contributed by atoms with Gasteiger partial charge in [0.1, 0.15) is 5.82 Å². The zero-order chi connectivity index (χ0) is 21.5. The predicted octanol–water partition coefficient (Wildman–Crippen LogP) is 7.30. The Kier molecular flexibility index (Phi) is 5.15. The Morgan fingerprint density at radius 2 is 1.61 bits per heavy atom. The second-order valence-corrected chi connectivity index (χ2v) is 9.14. The minimum Gasteiger partial charge on any atom is -0.351 e. The molecule has 1 saturated carbocycles. The van der Waals surface area contributed by atoms with Gasteiger partial charge in [-0.25, -0.2) is 4.98 Å². The first-order chi connectivity index (χ1) is 15.0. The van der Waals surface area contributed by atoms with Crippen molar-refractivity contribution in [3.05, 3.63) is 77.4 Å². The predicted molar refractivity (Wildman–Crippen MR) is 131 cm³/mol. The van der Waals surface area contributed by atoms with Gasteiger partial charge in [-0.1, -0.05) is 35.9 Å². The summed E-state index contributed by atoms with van der Waals surface area (Å²) in [5.74, 6) is 1.10. The van der Waals surface area contributed by atoms with Gasteiger partial charge in [0.25, 0.3) is 0 Å². The molecule has 2 aromatic heterocycles. The third-order valence-corrected chi connectivity index (χ3v) is 6.25. The van der Waals surface area contributed by atoms with E-state index in [-0.39, 0.29) is 0 Å². The van der Waals surface area contributed by atoms with Crippen LogP contribution in [0.2, 0.25) is 5.02 Å². The van der Waals surface area contributed by atoms with Crippen LogP contribution in [-0.2, 0) is 0 Å². The number of benzene rings is 2. The molecule has 0 bridgehead atoms. The van der Waals surface area contributed by atoms with Gasteiger partial charge in [0.2, 0.25) is 0 Å². The van der Waals surface area contributed by atoms with Gasteiger partial charge >= 0.3 is 0 Å². The Morgan fingerprint density at radius 1 is 0.903 bits per heavy atom. The standard InChI is InChI=1S/C27H26ClN3/c1-17(2)31(23-10-11-23)27-14-18(3)24-15-20(6-13-26(24)30-27)25-12-7-21(16-29-25)19-4-8-22(28)9-5-19/h4-9,12-17,23H,10-11H2,1-3H3. The lowest BCUT2D eigenvalue weighted by Gasteiger charge is -2.28. The number of aryl methyl sites for hydroxylation is 1. The zero-order valence-corrected chi connectivity index (χ0v) is 18.9. The summed E-state index contributed by atoms with van der Waals surface area (Å²) in [5, 5.41) is 1.93. The third kappa shape index (κ3) is 4.03. The number of nitrogens with zero attached hydrogens (tertiary/aromatic N) is 3. The highest BCUT2D eigenvalue weighted by atomic mass is 35.5. The summed E-state index contributed by atoms with van der Waals surface area (Å²) in [4.78, 5) is 12.2. The number of pyridine rings is 2. The van der Waals surface area contributed by atoms with Gasteiger partial charge in [-0.05, 0) is 81.1 Å². The van der Waals surface area contributed by atoms with Gasteiger partial charge in [0.05, 0.1) is 11.2 Å². The fourth-order valence-corrected chi connectivity index (χ4v) is 4.40. The molecule has 0 saturated heterocycles. The molecule has 1 fully saturated rings. The van der Waals surface area contributed by atoms with Crippen molar-refractivity contribution in [1.29, 1.82) is 0 Å². The lowest BCUT2D eigenvalue weighted by atomic mass is 10.0. The Bertz CT molecular complexity index is 1220. The summed E-state index contributed by atoms with van der Waals surface area (Å²) < 4.78 is 0. The van der Waals surface area contributed by atoms with Crippen LogP contribution >= 0.6 is 11.6 Å². The molecule has 0 atom stereocenters. The van der Waals surface area contributed by atoms with E-state index in [9.17, 15) is 0 Å². The summed E-state index contributed by atoms with van der Waals surface area (Å²) in [6, 6.07) is 21.8. The quantitative estimate of drug-likeness (QED) is 0.334. The average molecular weight is 428 g/mol. The second-order valence-electron chi connectivity index (χ2n) is 8.70. The van der Waals surface area contributed by atoms with Gasteiger partial charge in [0.15, 0.2) is 0 Å². The van der Waals surface area contributed by atoms with Crippen LogP contribution in [0.15, 0.2) is 66.9 Å². The van der Waals surface area contributed by atoms with Crippen LogP contribution in [0.4, 0.5) is 5.82 Å². The van der Waals surface area contributed by atoms with E-state index in [0.717, 1.165) is 38.7 Å². The third-order valence-electron chi connectivity index (χ3n) is 6.00. The van der Waals surface area contributed by atoms with Crippen LogP contribution in [0, 0.1) is 6.92 Å². The molecular formula is C27H26ClN3. The number of hydrogen-bond donors (Lipinski definition) is 0. The number of aromatic nitrogens is 2. The molecule has 156 valence electrons. The van der Waals surface area contributed by atoms with Crippen LogP contribution in [0.5, 0.6) is 0 Å². The smallest absolute Gasteiger partial charge is 0.129 e. The van der Waals surface area contributed by atoms with E-state index in [1.807, 2.05) is 30.5 Å². The number of fused-ring (bicyclic) bond motifs is 1. The minimum atomic E-state index is 0.458. The first kappa shape index (κ1) is 20.0. The van der Waals surface area contributed by atoms with Crippen molar-refractivity contribution in [3.63, 3.8) is 0 Å². The van der Waals surface area contributed by atoms with Gasteiger partial charge < -0.3 is 4.90 Å². The maximum absolute atomic E-state index is 6.00. The number of rotatable bonds is 5. The van der Waals surface area contributed by atoms with Crippen LogP contribution < -0.4 is 4.90 Å². The van der Waals surface area contributed by atoms with Crippen molar-refractivity contribution in [2.45, 2.75) is 45.7 Å². The molecule has 4 heteroatoms. The Hall–Kier alpha value is -2.91. The van der Waals surface area contributed by atoms with Crippen molar-refractivity contribution < 1.29 is 0 Å². The van der Waals surface area contributed by atoms with Crippen LogP contribution in [0.25, 0.3) is 33.3 Å². The number of hydrogen-bond acceptors (Lipinski definition) is 3. The molecule has 1 aliphatic carbocycles. The molecule has 0 radical (unpaired) electrons. The van der Waals surface area contributed by atoms with Crippen LogP contribution in [0.1, 0.15) is 32.3 Å². The molecule has 0 aliphatic heterocycles. The van der Waals surface area contributed by atoms with Gasteiger partial charge in [-0.3, -0.25) is 4.98 Å². The average Bonchev–Trinajstić information content (AvgIpc) is 3.59. The maximum Gasteiger partial charge on any atom is 0.129 e. The topological polar surface area (TPSA) is 29.0 Å². The molecule has 2 aromatic carbocycles. The van der Waals surface area contributed by atoms with Crippen LogP contribution in [-0.4, -0.2) is 22.1 Å². The first-order valence-corrected chi connectivity index (χ1v) is 11.3. The fourth-order valence-electron chi connectivity index (χ4n) is 4.27. The van der Waals surface area contributed by atoms with Crippen molar-refractivity contribution in [2.75, 3.05) is 4.90 Å². The molecule has 3 nitrogen and oxygen atoms in total. The lowest BCUT2D eigenvalue weighted by molar-refractivity contribution is 0.670. The van der Waals surface area contributed by atoms with Gasteiger partial charge in [-0.2, -0.15) is 0 Å². The Balaban J connectivity index is 1.47. The monoisotopic (exact) mass is 427 g/mol. The lowest BCUT2D eigenvalue weighted by Crippen LogP contribution is -2.33. The SMILES string of the molecule is Cc1cc(N(C(C)C)C2CC2)nc2ccc(-c3ccc(-c4ccc(Cl)cc4)cn3)cc12. The van der Waals surface area contributed by atoms with E-state index in [0.29, 0.717) is 12.1 Å². The molecule has 0 spiro atoms. The van der Waals surface area contributed by atoms with E-state index in [4.69, 9.17) is 21.6 Å². The van der Waals surface area contributed by atoms with Gasteiger partial charge in [-0.15, -0.1) is 0 Å². The minimum absolute atomic E-state index is 0.458. The number of anilines is 1. The molecule has 4 aromatic rings. The van der Waals surface area contributed by atoms with Crippen molar-refractivity contribution in [2.24, 2.45) is 0 Å². The summed E-state index contributed by atoms with van der Waals surface area (Å²) in [5.41, 5.74) is 6.56. The highest BCUT2D eigenvalue weighted by Gasteiger charge is 2.32. The van der Waals surface area contributed by atoms with E-state index in [1.54, 1.807) is 0 Å².